The number of aliphatic hydroxyl groups is 2. The Morgan fingerprint density at radius 1 is 1.11 bits per heavy atom. The number of aliphatic hydroxyl groups excluding tert-OH is 1. The number of amides is 1. The van der Waals surface area contributed by atoms with Gasteiger partial charge in [0.1, 0.15) is 5.78 Å². The summed E-state index contributed by atoms with van der Waals surface area (Å²) in [7, 11) is -3.99. The molecular weight excluding hydrogens is 540 g/mol. The molecule has 11 heteroatoms. The Balaban J connectivity index is 1.51. The van der Waals surface area contributed by atoms with Crippen LogP contribution in [-0.2, 0) is 14.6 Å². The van der Waals surface area contributed by atoms with Gasteiger partial charge in [0.2, 0.25) is 0 Å². The minimum atomic E-state index is -3.99. The first-order valence-corrected chi connectivity index (χ1v) is 14.5. The molecule has 0 heterocycles. The maximum Gasteiger partial charge on any atom is 0.255 e. The Hall–Kier alpha value is -2.40. The van der Waals surface area contributed by atoms with Gasteiger partial charge in [-0.05, 0) is 81.2 Å². The minimum absolute atomic E-state index is 0.00308. The molecule has 5 atom stereocenters. The monoisotopic (exact) mass is 569 g/mol. The van der Waals surface area contributed by atoms with Gasteiger partial charge in [-0.2, -0.15) is 0 Å². The van der Waals surface area contributed by atoms with Crippen LogP contribution >= 0.6 is 11.6 Å². The smallest absolute Gasteiger partial charge is 0.255 e. The average Bonchev–Trinajstić information content (AvgIpc) is 3.00. The van der Waals surface area contributed by atoms with E-state index in [0.717, 1.165) is 12.1 Å². The Kier molecular flexibility index (Phi) is 8.28. The third kappa shape index (κ3) is 5.78. The second-order valence-corrected chi connectivity index (χ2v) is 13.0. The SMILES string of the molecule is C[C@H](O)CC(=O)CCC1(O)C2CC[C@H]1CC(S(=O)(=O)c1cc(C(=O)Nc3ccc(F)c(F)c3)ccc1Cl)C2. The maximum absolute atomic E-state index is 13.7. The summed E-state index contributed by atoms with van der Waals surface area (Å²) in [5.41, 5.74) is -1.16. The van der Waals surface area contributed by atoms with E-state index in [0.29, 0.717) is 12.8 Å². The van der Waals surface area contributed by atoms with E-state index in [4.69, 9.17) is 11.6 Å². The van der Waals surface area contributed by atoms with Crippen LogP contribution in [0.2, 0.25) is 5.02 Å². The van der Waals surface area contributed by atoms with Gasteiger partial charge in [-0.1, -0.05) is 11.6 Å². The van der Waals surface area contributed by atoms with Gasteiger partial charge >= 0.3 is 0 Å². The lowest BCUT2D eigenvalue weighted by Gasteiger charge is -2.42. The predicted molar refractivity (Wildman–Crippen MR) is 138 cm³/mol. The summed E-state index contributed by atoms with van der Waals surface area (Å²) >= 11 is 6.26. The van der Waals surface area contributed by atoms with Crippen molar-refractivity contribution >= 4 is 38.8 Å². The van der Waals surface area contributed by atoms with E-state index < -0.39 is 44.3 Å². The largest absolute Gasteiger partial charge is 0.393 e. The van der Waals surface area contributed by atoms with Gasteiger partial charge in [0.05, 0.1) is 26.9 Å². The number of Topliss-reactive ketones (excluding diaryl/α,β-unsaturated/α-hetero) is 1. The van der Waals surface area contributed by atoms with Crippen LogP contribution in [0.15, 0.2) is 41.3 Å². The predicted octanol–water partition coefficient (Wildman–Crippen LogP) is 4.68. The fraction of sp³-hybridized carbons (Fsp3) is 0.481. The fourth-order valence-electron chi connectivity index (χ4n) is 5.86. The summed E-state index contributed by atoms with van der Waals surface area (Å²) in [5, 5.41) is 22.4. The number of nitrogens with one attached hydrogen (secondary N) is 1. The van der Waals surface area contributed by atoms with E-state index in [9.17, 15) is 37.0 Å². The second kappa shape index (κ2) is 11.0. The Morgan fingerprint density at radius 3 is 2.37 bits per heavy atom. The molecule has 0 spiro atoms. The molecule has 206 valence electrons. The molecule has 2 saturated carbocycles. The normalized spacial score (nSPS) is 25.7. The molecule has 3 unspecified atom stereocenters. The zero-order valence-electron chi connectivity index (χ0n) is 20.8. The minimum Gasteiger partial charge on any atom is -0.393 e. The molecule has 7 nitrogen and oxygen atoms in total. The summed E-state index contributed by atoms with van der Waals surface area (Å²) < 4.78 is 54.0. The van der Waals surface area contributed by atoms with Crippen LogP contribution in [0.5, 0.6) is 0 Å². The molecule has 2 aromatic rings. The summed E-state index contributed by atoms with van der Waals surface area (Å²) in [6.45, 7) is 1.53. The molecule has 0 radical (unpaired) electrons. The van der Waals surface area contributed by atoms with E-state index in [1.54, 1.807) is 0 Å². The highest BCUT2D eigenvalue weighted by molar-refractivity contribution is 7.92. The highest BCUT2D eigenvalue weighted by atomic mass is 35.5. The molecule has 0 saturated heterocycles. The number of carbonyl (C=O) groups is 2. The van der Waals surface area contributed by atoms with Crippen molar-refractivity contribution in [2.24, 2.45) is 11.8 Å². The number of rotatable bonds is 9. The lowest BCUT2D eigenvalue weighted by molar-refractivity contribution is -0.124. The second-order valence-electron chi connectivity index (χ2n) is 10.4. The van der Waals surface area contributed by atoms with Crippen molar-refractivity contribution < 1.29 is 37.0 Å². The number of fused-ring (bicyclic) bond motifs is 2. The standard InChI is InChI=1S/C27H30ClF2NO6S/c1-15(32)10-20(33)8-9-27(35)17-3-4-18(27)13-21(12-17)38(36,37)25-11-16(2-6-22(25)28)26(34)31-19-5-7-23(29)24(30)14-19/h2,5-7,11,14-15,17-18,21,32,35H,3-4,8-10,12-13H2,1H3,(H,31,34)/t15-,17-,18?,21?,27?/m0/s1. The molecule has 2 aliphatic carbocycles. The van der Waals surface area contributed by atoms with Gasteiger partial charge in [0, 0.05) is 30.2 Å². The number of benzene rings is 2. The Labute approximate surface area is 225 Å². The Morgan fingerprint density at radius 2 is 1.76 bits per heavy atom. The van der Waals surface area contributed by atoms with Crippen LogP contribution < -0.4 is 5.32 Å². The highest BCUT2D eigenvalue weighted by Gasteiger charge is 2.55. The quantitative estimate of drug-likeness (QED) is 0.403. The average molecular weight is 570 g/mol. The van der Waals surface area contributed by atoms with E-state index >= 15 is 0 Å². The van der Waals surface area contributed by atoms with Gasteiger partial charge in [-0.25, -0.2) is 17.2 Å². The van der Waals surface area contributed by atoms with Crippen molar-refractivity contribution in [3.05, 3.63) is 58.6 Å². The summed E-state index contributed by atoms with van der Waals surface area (Å²) in [6.07, 6.45) is 1.27. The zero-order chi connectivity index (χ0) is 27.8. The van der Waals surface area contributed by atoms with Crippen molar-refractivity contribution in [3.63, 3.8) is 0 Å². The zero-order valence-corrected chi connectivity index (χ0v) is 22.4. The molecule has 2 fully saturated rings. The summed E-state index contributed by atoms with van der Waals surface area (Å²) in [4.78, 5) is 24.6. The van der Waals surface area contributed by atoms with Crippen molar-refractivity contribution in [2.75, 3.05) is 5.32 Å². The van der Waals surface area contributed by atoms with E-state index in [1.807, 2.05) is 0 Å². The van der Waals surface area contributed by atoms with Crippen molar-refractivity contribution in [1.29, 1.82) is 0 Å². The third-order valence-corrected chi connectivity index (χ3v) is 10.5. The first kappa shape index (κ1) is 28.6. The van der Waals surface area contributed by atoms with Gasteiger partial charge in [-0.15, -0.1) is 0 Å². The van der Waals surface area contributed by atoms with E-state index in [-0.39, 0.29) is 70.9 Å². The van der Waals surface area contributed by atoms with Gasteiger partial charge in [0.15, 0.2) is 21.5 Å². The highest BCUT2D eigenvalue weighted by Crippen LogP contribution is 2.54. The lowest BCUT2D eigenvalue weighted by Crippen LogP contribution is -2.48. The third-order valence-electron chi connectivity index (χ3n) is 7.82. The topological polar surface area (TPSA) is 121 Å². The number of sulfone groups is 1. The first-order chi connectivity index (χ1) is 17.8. The molecule has 4 rings (SSSR count). The fourth-order valence-corrected chi connectivity index (χ4v) is 8.26. The summed E-state index contributed by atoms with van der Waals surface area (Å²) in [5.74, 6) is -3.68. The molecule has 3 N–H and O–H groups in total. The van der Waals surface area contributed by atoms with E-state index in [2.05, 4.69) is 5.32 Å². The number of carbonyl (C=O) groups excluding carboxylic acids is 2. The van der Waals surface area contributed by atoms with Crippen molar-refractivity contribution in [1.82, 2.24) is 0 Å². The molecule has 1 amide bonds. The maximum atomic E-state index is 13.7. The van der Waals surface area contributed by atoms with Gasteiger partial charge < -0.3 is 15.5 Å². The van der Waals surface area contributed by atoms with Crippen molar-refractivity contribution in [2.45, 2.75) is 73.7 Å². The molecule has 38 heavy (non-hydrogen) atoms. The van der Waals surface area contributed by atoms with Crippen LogP contribution in [0.1, 0.15) is 62.2 Å². The number of hydrogen-bond donors (Lipinski definition) is 3. The van der Waals surface area contributed by atoms with Crippen LogP contribution in [0.3, 0.4) is 0 Å². The molecule has 0 aromatic heterocycles. The first-order valence-electron chi connectivity index (χ1n) is 12.5. The van der Waals surface area contributed by atoms with Crippen LogP contribution in [0.25, 0.3) is 0 Å². The molecular formula is C27H30ClF2NO6S. The lowest BCUT2D eigenvalue weighted by atomic mass is 9.71. The number of ketones is 1. The van der Waals surface area contributed by atoms with Crippen LogP contribution in [-0.4, -0.2) is 47.3 Å². The van der Waals surface area contributed by atoms with Crippen LogP contribution in [0, 0.1) is 23.5 Å². The number of hydrogen-bond acceptors (Lipinski definition) is 6. The van der Waals surface area contributed by atoms with Gasteiger partial charge in [-0.3, -0.25) is 9.59 Å². The van der Waals surface area contributed by atoms with Crippen LogP contribution in [0.4, 0.5) is 14.5 Å². The number of halogens is 3. The number of anilines is 1. The molecule has 0 aliphatic heterocycles. The van der Waals surface area contributed by atoms with Gasteiger partial charge in [0.25, 0.3) is 5.91 Å². The van der Waals surface area contributed by atoms with E-state index in [1.165, 1.54) is 31.2 Å². The molecule has 2 bridgehead atoms. The molecule has 2 aliphatic rings. The van der Waals surface area contributed by atoms with Crippen molar-refractivity contribution in [3.8, 4) is 0 Å². The molecule has 2 aromatic carbocycles. The summed E-state index contributed by atoms with van der Waals surface area (Å²) in [6, 6.07) is 6.67. The Bertz CT molecular complexity index is 1340.